The van der Waals surface area contributed by atoms with E-state index in [0.717, 1.165) is 30.1 Å². The highest BCUT2D eigenvalue weighted by molar-refractivity contribution is 5.29. The van der Waals surface area contributed by atoms with Crippen molar-refractivity contribution < 1.29 is 4.42 Å². The van der Waals surface area contributed by atoms with Crippen molar-refractivity contribution in [2.45, 2.75) is 52.6 Å². The highest BCUT2D eigenvalue weighted by Gasteiger charge is 2.35. The van der Waals surface area contributed by atoms with Crippen molar-refractivity contribution in [3.63, 3.8) is 0 Å². The van der Waals surface area contributed by atoms with E-state index in [0.29, 0.717) is 6.04 Å². The molecule has 2 aromatic rings. The summed E-state index contributed by atoms with van der Waals surface area (Å²) in [6.07, 6.45) is 3.99. The standard InChI is InChI=1S/C18H24N2O/c1-12-9-14-16(10-18(3,4)11-17(14)21-12)20-13(2)15-7-5-6-8-19-15/h5-9,13,16,20H,10-11H2,1-4H3. The minimum Gasteiger partial charge on any atom is -0.466 e. The van der Waals surface area contributed by atoms with Crippen molar-refractivity contribution in [1.29, 1.82) is 0 Å². The summed E-state index contributed by atoms with van der Waals surface area (Å²) < 4.78 is 5.90. The van der Waals surface area contributed by atoms with Crippen molar-refractivity contribution in [1.82, 2.24) is 10.3 Å². The van der Waals surface area contributed by atoms with Gasteiger partial charge in [-0.25, -0.2) is 0 Å². The van der Waals surface area contributed by atoms with Gasteiger partial charge in [0.25, 0.3) is 0 Å². The van der Waals surface area contributed by atoms with Crippen molar-refractivity contribution in [3.8, 4) is 0 Å². The smallest absolute Gasteiger partial charge is 0.109 e. The minimum absolute atomic E-state index is 0.230. The number of hydrogen-bond acceptors (Lipinski definition) is 3. The van der Waals surface area contributed by atoms with Gasteiger partial charge in [-0.05, 0) is 43.9 Å². The molecule has 3 rings (SSSR count). The lowest BCUT2D eigenvalue weighted by Gasteiger charge is -2.36. The van der Waals surface area contributed by atoms with E-state index in [9.17, 15) is 0 Å². The maximum absolute atomic E-state index is 5.90. The maximum atomic E-state index is 5.90. The molecule has 2 atom stereocenters. The second kappa shape index (κ2) is 5.30. The monoisotopic (exact) mass is 284 g/mol. The van der Waals surface area contributed by atoms with Gasteiger partial charge in [-0.2, -0.15) is 0 Å². The lowest BCUT2D eigenvalue weighted by Crippen LogP contribution is -2.34. The van der Waals surface area contributed by atoms with E-state index in [1.165, 1.54) is 5.56 Å². The zero-order valence-electron chi connectivity index (χ0n) is 13.3. The molecule has 0 radical (unpaired) electrons. The Hall–Kier alpha value is -1.61. The number of pyridine rings is 1. The van der Waals surface area contributed by atoms with Gasteiger partial charge in [0.15, 0.2) is 0 Å². The summed E-state index contributed by atoms with van der Waals surface area (Å²) in [5.41, 5.74) is 2.68. The van der Waals surface area contributed by atoms with Crippen LogP contribution in [0.5, 0.6) is 0 Å². The van der Waals surface area contributed by atoms with Crippen LogP contribution in [-0.4, -0.2) is 4.98 Å². The molecule has 2 aromatic heterocycles. The van der Waals surface area contributed by atoms with Crippen molar-refractivity contribution in [2.75, 3.05) is 0 Å². The number of aryl methyl sites for hydroxylation is 1. The van der Waals surface area contributed by atoms with Crippen LogP contribution >= 0.6 is 0 Å². The van der Waals surface area contributed by atoms with Gasteiger partial charge >= 0.3 is 0 Å². The van der Waals surface area contributed by atoms with Crippen LogP contribution in [0.2, 0.25) is 0 Å². The third-order valence-electron chi connectivity index (χ3n) is 4.32. The quantitative estimate of drug-likeness (QED) is 0.910. The molecule has 0 saturated carbocycles. The van der Waals surface area contributed by atoms with Gasteiger partial charge in [-0.15, -0.1) is 0 Å². The van der Waals surface area contributed by atoms with Gasteiger partial charge in [0.05, 0.1) is 5.69 Å². The summed E-state index contributed by atoms with van der Waals surface area (Å²) in [5, 5.41) is 3.74. The highest BCUT2D eigenvalue weighted by Crippen LogP contribution is 2.42. The molecule has 0 spiro atoms. The first-order chi connectivity index (χ1) is 9.94. The predicted molar refractivity (Wildman–Crippen MR) is 84.1 cm³/mol. The summed E-state index contributed by atoms with van der Waals surface area (Å²) in [5.74, 6) is 2.16. The van der Waals surface area contributed by atoms with Gasteiger partial charge < -0.3 is 9.73 Å². The fourth-order valence-electron chi connectivity index (χ4n) is 3.35. The molecule has 3 nitrogen and oxygen atoms in total. The Kier molecular flexibility index (Phi) is 3.62. The molecule has 0 amide bonds. The molecule has 0 bridgehead atoms. The van der Waals surface area contributed by atoms with Crippen molar-refractivity contribution in [3.05, 3.63) is 53.2 Å². The van der Waals surface area contributed by atoms with Gasteiger partial charge in [-0.3, -0.25) is 4.98 Å². The van der Waals surface area contributed by atoms with E-state index in [1.54, 1.807) is 0 Å². The van der Waals surface area contributed by atoms with E-state index in [4.69, 9.17) is 4.42 Å². The number of furan rings is 1. The number of rotatable bonds is 3. The van der Waals surface area contributed by atoms with Crippen LogP contribution in [-0.2, 0) is 6.42 Å². The summed E-state index contributed by atoms with van der Waals surface area (Å²) in [6.45, 7) is 8.84. The Balaban J connectivity index is 1.84. The average molecular weight is 284 g/mol. The molecule has 3 heteroatoms. The maximum Gasteiger partial charge on any atom is 0.109 e. The second-order valence-corrected chi connectivity index (χ2v) is 6.98. The molecular formula is C18H24N2O. The fraction of sp³-hybridized carbons (Fsp3) is 0.500. The van der Waals surface area contributed by atoms with Gasteiger partial charge in [-0.1, -0.05) is 19.9 Å². The van der Waals surface area contributed by atoms with Crippen LogP contribution in [0.25, 0.3) is 0 Å². The molecule has 112 valence electrons. The first-order valence-corrected chi connectivity index (χ1v) is 7.71. The zero-order valence-corrected chi connectivity index (χ0v) is 13.3. The summed E-state index contributed by atoms with van der Waals surface area (Å²) in [4.78, 5) is 4.46. The average Bonchev–Trinajstić information content (AvgIpc) is 2.78. The molecule has 1 aliphatic rings. The Labute approximate surface area is 126 Å². The summed E-state index contributed by atoms with van der Waals surface area (Å²) in [7, 11) is 0. The largest absolute Gasteiger partial charge is 0.466 e. The number of aromatic nitrogens is 1. The Morgan fingerprint density at radius 3 is 2.90 bits per heavy atom. The van der Waals surface area contributed by atoms with E-state index in [1.807, 2.05) is 25.3 Å². The Morgan fingerprint density at radius 2 is 2.19 bits per heavy atom. The topological polar surface area (TPSA) is 38.1 Å². The van der Waals surface area contributed by atoms with E-state index >= 15 is 0 Å². The third kappa shape index (κ3) is 3.03. The van der Waals surface area contributed by atoms with Gasteiger partial charge in [0.2, 0.25) is 0 Å². The molecule has 2 heterocycles. The third-order valence-corrected chi connectivity index (χ3v) is 4.32. The van der Waals surface area contributed by atoms with Crippen molar-refractivity contribution >= 4 is 0 Å². The van der Waals surface area contributed by atoms with Crippen LogP contribution in [0.3, 0.4) is 0 Å². The second-order valence-electron chi connectivity index (χ2n) is 6.98. The fourth-order valence-corrected chi connectivity index (χ4v) is 3.35. The Bertz CT molecular complexity index is 615. The molecule has 1 aliphatic carbocycles. The van der Waals surface area contributed by atoms with Crippen molar-refractivity contribution in [2.24, 2.45) is 5.41 Å². The molecular weight excluding hydrogens is 260 g/mol. The van der Waals surface area contributed by atoms with Crippen LogP contribution in [0, 0.1) is 12.3 Å². The molecule has 0 saturated heterocycles. The predicted octanol–water partition coefficient (Wildman–Crippen LogP) is 4.35. The Morgan fingerprint density at radius 1 is 1.38 bits per heavy atom. The number of hydrogen-bond donors (Lipinski definition) is 1. The van der Waals surface area contributed by atoms with Gasteiger partial charge in [0, 0.05) is 30.3 Å². The molecule has 0 aromatic carbocycles. The van der Waals surface area contributed by atoms with Crippen LogP contribution in [0.4, 0.5) is 0 Å². The van der Waals surface area contributed by atoms with Crippen LogP contribution < -0.4 is 5.32 Å². The number of nitrogens with one attached hydrogen (secondary N) is 1. The highest BCUT2D eigenvalue weighted by atomic mass is 16.3. The number of nitrogens with zero attached hydrogens (tertiary/aromatic N) is 1. The molecule has 0 aliphatic heterocycles. The van der Waals surface area contributed by atoms with Crippen LogP contribution in [0.1, 0.15) is 62.1 Å². The van der Waals surface area contributed by atoms with E-state index < -0.39 is 0 Å². The zero-order chi connectivity index (χ0) is 15.0. The normalized spacial score (nSPS) is 21.8. The van der Waals surface area contributed by atoms with Crippen LogP contribution in [0.15, 0.2) is 34.9 Å². The summed E-state index contributed by atoms with van der Waals surface area (Å²) >= 11 is 0. The van der Waals surface area contributed by atoms with E-state index in [2.05, 4.69) is 43.2 Å². The molecule has 2 unspecified atom stereocenters. The SMILES string of the molecule is Cc1cc2c(o1)CC(C)(C)CC2NC(C)c1ccccn1. The first kappa shape index (κ1) is 14.3. The van der Waals surface area contributed by atoms with E-state index in [-0.39, 0.29) is 11.5 Å². The number of fused-ring (bicyclic) bond motifs is 1. The lowest BCUT2D eigenvalue weighted by molar-refractivity contribution is 0.226. The summed E-state index contributed by atoms with van der Waals surface area (Å²) in [6, 6.07) is 8.82. The van der Waals surface area contributed by atoms with Gasteiger partial charge in [0.1, 0.15) is 11.5 Å². The molecule has 1 N–H and O–H groups in total. The molecule has 0 fully saturated rings. The minimum atomic E-state index is 0.230. The lowest BCUT2D eigenvalue weighted by atomic mass is 9.74. The molecule has 21 heavy (non-hydrogen) atoms. The first-order valence-electron chi connectivity index (χ1n) is 7.71.